The summed E-state index contributed by atoms with van der Waals surface area (Å²) in [4.78, 5) is 35.8. The predicted octanol–water partition coefficient (Wildman–Crippen LogP) is 2.05. The first kappa shape index (κ1) is 16.8. The lowest BCUT2D eigenvalue weighted by Crippen LogP contribution is -2.66. The highest BCUT2D eigenvalue weighted by Crippen LogP contribution is 2.41. The molecule has 0 bridgehead atoms. The van der Waals surface area contributed by atoms with E-state index in [1.807, 2.05) is 0 Å². The van der Waals surface area contributed by atoms with Crippen LogP contribution in [-0.4, -0.2) is 50.2 Å². The first-order valence-electron chi connectivity index (χ1n) is 6.97. The monoisotopic (exact) mass is 367 g/mol. The van der Waals surface area contributed by atoms with Crippen LogP contribution >= 0.6 is 23.7 Å². The van der Waals surface area contributed by atoms with E-state index in [-0.39, 0.29) is 23.5 Å². The minimum absolute atomic E-state index is 0.00584. The van der Waals surface area contributed by atoms with E-state index < -0.39 is 16.3 Å². The zero-order chi connectivity index (χ0) is 17.5. The van der Waals surface area contributed by atoms with Gasteiger partial charge in [-0.05, 0) is 19.1 Å². The molecule has 0 radical (unpaired) electrons. The normalized spacial score (nSPS) is 27.5. The second kappa shape index (κ2) is 6.10. The van der Waals surface area contributed by atoms with Gasteiger partial charge in [0.25, 0.3) is 11.6 Å². The van der Waals surface area contributed by atoms with Crippen LogP contribution in [0.5, 0.6) is 0 Å². The SMILES string of the molecule is CC1(C(=O)O)CS[C@@H]2C(=NSc3ccc([N+](=O)[O-])cc3)C(=O)N2C1. The van der Waals surface area contributed by atoms with Gasteiger partial charge in [-0.3, -0.25) is 19.7 Å². The lowest BCUT2D eigenvalue weighted by atomic mass is 9.90. The Hall–Kier alpha value is -2.07. The zero-order valence-corrected chi connectivity index (χ0v) is 14.2. The van der Waals surface area contributed by atoms with Gasteiger partial charge in [0.1, 0.15) is 11.1 Å². The molecule has 0 saturated carbocycles. The van der Waals surface area contributed by atoms with Crippen LogP contribution in [0.4, 0.5) is 5.69 Å². The van der Waals surface area contributed by atoms with Crippen molar-refractivity contribution in [2.45, 2.75) is 17.2 Å². The molecule has 2 aliphatic heterocycles. The molecule has 1 N–H and O–H groups in total. The van der Waals surface area contributed by atoms with Crippen molar-refractivity contribution in [3.05, 3.63) is 34.4 Å². The first-order valence-corrected chi connectivity index (χ1v) is 8.79. The number of carboxylic acids is 1. The third kappa shape index (κ3) is 2.86. The summed E-state index contributed by atoms with van der Waals surface area (Å²) < 4.78 is 4.24. The van der Waals surface area contributed by atoms with Crippen molar-refractivity contribution in [3.8, 4) is 0 Å². The molecule has 10 heteroatoms. The lowest BCUT2D eigenvalue weighted by Gasteiger charge is -2.48. The first-order chi connectivity index (χ1) is 11.3. The summed E-state index contributed by atoms with van der Waals surface area (Å²) in [6.45, 7) is 1.81. The number of carbonyl (C=O) groups is 2. The van der Waals surface area contributed by atoms with E-state index in [0.29, 0.717) is 16.4 Å². The summed E-state index contributed by atoms with van der Waals surface area (Å²) >= 11 is 2.47. The average Bonchev–Trinajstić information content (AvgIpc) is 2.56. The number of hydrogen-bond donors (Lipinski definition) is 1. The molecule has 2 heterocycles. The molecule has 2 fully saturated rings. The Balaban J connectivity index is 1.67. The lowest BCUT2D eigenvalue weighted by molar-refractivity contribution is -0.384. The molecular formula is C14H13N3O5S2. The number of nitrogens with zero attached hydrogens (tertiary/aromatic N) is 3. The Morgan fingerprint density at radius 1 is 1.50 bits per heavy atom. The van der Waals surface area contributed by atoms with Gasteiger partial charge in [-0.25, -0.2) is 4.40 Å². The quantitative estimate of drug-likeness (QED) is 0.375. The second-order valence-corrected chi connectivity index (χ2v) is 7.69. The third-order valence-electron chi connectivity index (χ3n) is 3.89. The summed E-state index contributed by atoms with van der Waals surface area (Å²) in [6.07, 6.45) is 0. The molecule has 1 unspecified atom stereocenters. The van der Waals surface area contributed by atoms with E-state index in [0.717, 1.165) is 11.9 Å². The van der Waals surface area contributed by atoms with Crippen LogP contribution in [0, 0.1) is 15.5 Å². The van der Waals surface area contributed by atoms with Crippen molar-refractivity contribution in [2.24, 2.45) is 9.81 Å². The molecule has 126 valence electrons. The maximum Gasteiger partial charge on any atom is 0.312 e. The van der Waals surface area contributed by atoms with Gasteiger partial charge in [0.05, 0.1) is 10.3 Å². The number of hydrogen-bond acceptors (Lipinski definition) is 7. The fourth-order valence-corrected chi connectivity index (χ4v) is 4.50. The van der Waals surface area contributed by atoms with Crippen molar-refractivity contribution in [1.29, 1.82) is 0 Å². The van der Waals surface area contributed by atoms with Crippen LogP contribution in [0.25, 0.3) is 0 Å². The number of thioether (sulfide) groups is 1. The Morgan fingerprint density at radius 2 is 2.17 bits per heavy atom. The molecule has 1 aromatic carbocycles. The molecule has 1 aromatic rings. The number of rotatable bonds is 4. The van der Waals surface area contributed by atoms with E-state index in [1.165, 1.54) is 28.8 Å². The maximum atomic E-state index is 12.2. The Morgan fingerprint density at radius 3 is 2.75 bits per heavy atom. The number of benzene rings is 1. The predicted molar refractivity (Wildman–Crippen MR) is 90.1 cm³/mol. The molecular weight excluding hydrogens is 354 g/mol. The third-order valence-corrected chi connectivity index (χ3v) is 6.26. The van der Waals surface area contributed by atoms with E-state index in [2.05, 4.69) is 4.40 Å². The Bertz CT molecular complexity index is 751. The summed E-state index contributed by atoms with van der Waals surface area (Å²) in [5, 5.41) is 19.7. The molecule has 2 atom stereocenters. The molecule has 2 saturated heterocycles. The highest BCUT2D eigenvalue weighted by atomic mass is 32.2. The number of non-ortho nitro benzene ring substituents is 1. The zero-order valence-electron chi connectivity index (χ0n) is 12.5. The van der Waals surface area contributed by atoms with Gasteiger partial charge in [0.15, 0.2) is 0 Å². The van der Waals surface area contributed by atoms with Crippen LogP contribution in [0.15, 0.2) is 33.6 Å². The summed E-state index contributed by atoms with van der Waals surface area (Å²) in [6, 6.07) is 5.91. The summed E-state index contributed by atoms with van der Waals surface area (Å²) in [7, 11) is 0. The van der Waals surface area contributed by atoms with Crippen LogP contribution < -0.4 is 0 Å². The summed E-state index contributed by atoms with van der Waals surface area (Å²) in [5.41, 5.74) is -0.544. The number of carbonyl (C=O) groups excluding carboxylic acids is 1. The molecule has 0 aromatic heterocycles. The molecule has 24 heavy (non-hydrogen) atoms. The minimum atomic E-state index is -0.937. The summed E-state index contributed by atoms with van der Waals surface area (Å²) in [5.74, 6) is -0.751. The van der Waals surface area contributed by atoms with Crippen LogP contribution in [-0.2, 0) is 9.59 Å². The van der Waals surface area contributed by atoms with Gasteiger partial charge >= 0.3 is 5.97 Å². The average molecular weight is 367 g/mol. The van der Waals surface area contributed by atoms with E-state index >= 15 is 0 Å². The van der Waals surface area contributed by atoms with E-state index in [4.69, 9.17) is 0 Å². The smallest absolute Gasteiger partial charge is 0.312 e. The number of nitro groups is 1. The minimum Gasteiger partial charge on any atom is -0.481 e. The fourth-order valence-electron chi connectivity index (χ4n) is 2.39. The standard InChI is InChI=1S/C14H13N3O5S2/c1-14(13(19)20)6-16-11(18)10(12(16)23-7-14)15-24-9-4-2-8(3-5-9)17(21)22/h2-5,12H,6-7H2,1H3,(H,19,20)/t12-,14?/m1/s1. The maximum absolute atomic E-state index is 12.2. The number of nitro benzene ring substituents is 1. The molecule has 8 nitrogen and oxygen atoms in total. The Kier molecular flexibility index (Phi) is 4.26. The van der Waals surface area contributed by atoms with Crippen molar-refractivity contribution in [2.75, 3.05) is 12.3 Å². The van der Waals surface area contributed by atoms with Gasteiger partial charge in [-0.2, -0.15) is 0 Å². The number of carboxylic acid groups (broad SMARTS) is 1. The second-order valence-electron chi connectivity index (χ2n) is 5.78. The van der Waals surface area contributed by atoms with Crippen molar-refractivity contribution >= 4 is 47.0 Å². The highest BCUT2D eigenvalue weighted by molar-refractivity contribution is 8.01. The highest BCUT2D eigenvalue weighted by Gasteiger charge is 2.53. The van der Waals surface area contributed by atoms with Crippen LogP contribution in [0.3, 0.4) is 0 Å². The number of amides is 1. The molecule has 0 aliphatic carbocycles. The van der Waals surface area contributed by atoms with Crippen molar-refractivity contribution in [1.82, 2.24) is 4.90 Å². The Labute approximate surface area is 145 Å². The molecule has 0 spiro atoms. The van der Waals surface area contributed by atoms with Gasteiger partial charge in [0.2, 0.25) is 0 Å². The van der Waals surface area contributed by atoms with E-state index in [9.17, 15) is 24.8 Å². The van der Waals surface area contributed by atoms with Crippen LogP contribution in [0.1, 0.15) is 6.92 Å². The fraction of sp³-hybridized carbons (Fsp3) is 0.357. The van der Waals surface area contributed by atoms with Gasteiger partial charge in [-0.1, -0.05) is 0 Å². The van der Waals surface area contributed by atoms with Gasteiger partial charge in [0, 0.05) is 41.3 Å². The van der Waals surface area contributed by atoms with Crippen LogP contribution in [0.2, 0.25) is 0 Å². The van der Waals surface area contributed by atoms with E-state index in [1.54, 1.807) is 19.1 Å². The largest absolute Gasteiger partial charge is 0.481 e. The van der Waals surface area contributed by atoms with Gasteiger partial charge < -0.3 is 10.0 Å². The van der Waals surface area contributed by atoms with Crippen molar-refractivity contribution < 1.29 is 19.6 Å². The van der Waals surface area contributed by atoms with Crippen molar-refractivity contribution in [3.63, 3.8) is 0 Å². The number of aliphatic carboxylic acids is 1. The van der Waals surface area contributed by atoms with Gasteiger partial charge in [-0.15, -0.1) is 11.8 Å². The molecule has 2 aliphatic rings. The topological polar surface area (TPSA) is 113 Å². The molecule has 1 amide bonds. The number of fused-ring (bicyclic) bond motifs is 1. The molecule has 3 rings (SSSR count). The number of β-lactam (4-membered cyclic amide) rings is 1.